The fourth-order valence-electron chi connectivity index (χ4n) is 3.86. The van der Waals surface area contributed by atoms with Crippen LogP contribution in [0.5, 0.6) is 5.75 Å². The fourth-order valence-corrected chi connectivity index (χ4v) is 3.86. The summed E-state index contributed by atoms with van der Waals surface area (Å²) < 4.78 is 5.94. The highest BCUT2D eigenvalue weighted by atomic mass is 16.5. The number of nitrogens with zero attached hydrogens (tertiary/aromatic N) is 4. The molecule has 1 N–H and O–H groups in total. The van der Waals surface area contributed by atoms with Crippen LogP contribution in [-0.4, -0.2) is 25.6 Å². The molecule has 0 bridgehead atoms. The smallest absolute Gasteiger partial charge is 0.204 e. The predicted octanol–water partition coefficient (Wildman–Crippen LogP) is 5.56. The van der Waals surface area contributed by atoms with Crippen LogP contribution in [0.3, 0.4) is 0 Å². The summed E-state index contributed by atoms with van der Waals surface area (Å²) >= 11 is 0. The normalized spacial score (nSPS) is 11.0. The van der Waals surface area contributed by atoms with Crippen molar-refractivity contribution < 1.29 is 4.74 Å². The Morgan fingerprint density at radius 3 is 2.18 bits per heavy atom. The lowest BCUT2D eigenvalue weighted by Crippen LogP contribution is -1.98. The number of pyridine rings is 1. The number of para-hydroxylation sites is 1. The number of unbranched alkanes of at least 4 members (excludes halogenated alkanes) is 1. The van der Waals surface area contributed by atoms with Crippen molar-refractivity contribution in [2.75, 3.05) is 0 Å². The second kappa shape index (κ2) is 10.0. The molecule has 2 heterocycles. The van der Waals surface area contributed by atoms with Crippen molar-refractivity contribution in [1.82, 2.24) is 25.6 Å². The van der Waals surface area contributed by atoms with Gasteiger partial charge in [-0.05, 0) is 66.3 Å². The first-order valence-corrected chi connectivity index (χ1v) is 11.2. The minimum Gasteiger partial charge on any atom is -0.487 e. The summed E-state index contributed by atoms with van der Waals surface area (Å²) in [5.74, 6) is 1.50. The Morgan fingerprint density at radius 2 is 1.45 bits per heavy atom. The maximum Gasteiger partial charge on any atom is 0.204 e. The molecule has 33 heavy (non-hydrogen) atoms. The number of fused-ring (bicyclic) bond motifs is 1. The fraction of sp³-hybridized carbons (Fsp3) is 0.185. The molecule has 0 aliphatic rings. The number of aromatic amines is 1. The number of rotatable bonds is 9. The number of aromatic nitrogens is 5. The van der Waals surface area contributed by atoms with Gasteiger partial charge in [0, 0.05) is 10.9 Å². The monoisotopic (exact) mass is 435 g/mol. The standard InChI is InChI=1S/C27H25N5O/c1(5-20-9-13-23(14-10-20)27-29-31-32-30-27)2-6-21-11-17-25(18-12-21)33-19-24-16-15-22-7-3-4-8-26(22)28-24/h3-4,7-18H,1-2,5-6,19H2,(H,29,30,31,32). The van der Waals surface area contributed by atoms with Crippen LogP contribution in [0.15, 0.2) is 84.9 Å². The van der Waals surface area contributed by atoms with E-state index in [0.717, 1.165) is 53.6 Å². The highest BCUT2D eigenvalue weighted by Gasteiger charge is 2.03. The average Bonchev–Trinajstić information content (AvgIpc) is 3.41. The Hall–Kier alpha value is -4.06. The van der Waals surface area contributed by atoms with Crippen molar-refractivity contribution in [2.45, 2.75) is 32.3 Å². The van der Waals surface area contributed by atoms with Gasteiger partial charge in [0.25, 0.3) is 0 Å². The average molecular weight is 436 g/mol. The lowest BCUT2D eigenvalue weighted by molar-refractivity contribution is 0.301. The molecule has 3 aromatic carbocycles. The van der Waals surface area contributed by atoms with Crippen LogP contribution in [0.25, 0.3) is 22.3 Å². The zero-order chi connectivity index (χ0) is 22.3. The highest BCUT2D eigenvalue weighted by molar-refractivity contribution is 5.78. The molecule has 0 saturated carbocycles. The first kappa shape index (κ1) is 20.8. The number of nitrogens with one attached hydrogen (secondary N) is 1. The van der Waals surface area contributed by atoms with Gasteiger partial charge < -0.3 is 4.74 Å². The van der Waals surface area contributed by atoms with Crippen LogP contribution in [0.2, 0.25) is 0 Å². The van der Waals surface area contributed by atoms with Gasteiger partial charge in [-0.15, -0.1) is 10.2 Å². The lowest BCUT2D eigenvalue weighted by atomic mass is 10.0. The Kier molecular flexibility index (Phi) is 6.33. The van der Waals surface area contributed by atoms with Gasteiger partial charge in [0.15, 0.2) is 0 Å². The van der Waals surface area contributed by atoms with Crippen molar-refractivity contribution in [1.29, 1.82) is 0 Å². The van der Waals surface area contributed by atoms with E-state index < -0.39 is 0 Å². The van der Waals surface area contributed by atoms with E-state index in [-0.39, 0.29) is 0 Å². The molecule has 6 heteroatoms. The van der Waals surface area contributed by atoms with E-state index in [1.54, 1.807) is 0 Å². The number of ether oxygens (including phenoxy) is 1. The van der Waals surface area contributed by atoms with Gasteiger partial charge in [0.2, 0.25) is 5.82 Å². The molecule has 0 aliphatic carbocycles. The molecule has 0 amide bonds. The van der Waals surface area contributed by atoms with Gasteiger partial charge in [0.1, 0.15) is 12.4 Å². The molecule has 0 atom stereocenters. The van der Waals surface area contributed by atoms with E-state index in [1.807, 2.05) is 48.5 Å². The second-order valence-electron chi connectivity index (χ2n) is 8.07. The molecule has 164 valence electrons. The van der Waals surface area contributed by atoms with Crippen LogP contribution < -0.4 is 4.74 Å². The first-order valence-electron chi connectivity index (χ1n) is 11.2. The SMILES string of the molecule is c1ccc2nc(COc3ccc(CCCCc4ccc(-c5nn[nH]n5)cc4)cc3)ccc2c1. The molecule has 0 unspecified atom stereocenters. The molecule has 5 rings (SSSR count). The molecule has 2 aromatic heterocycles. The minimum atomic E-state index is 0.468. The molecular weight excluding hydrogens is 410 g/mol. The minimum absolute atomic E-state index is 0.468. The third-order valence-corrected chi connectivity index (χ3v) is 5.70. The summed E-state index contributed by atoms with van der Waals surface area (Å²) in [6.07, 6.45) is 4.42. The highest BCUT2D eigenvalue weighted by Crippen LogP contribution is 2.18. The molecule has 0 fully saturated rings. The Bertz CT molecular complexity index is 1300. The number of hydrogen-bond donors (Lipinski definition) is 1. The van der Waals surface area contributed by atoms with Gasteiger partial charge in [-0.2, -0.15) is 5.21 Å². The zero-order valence-corrected chi connectivity index (χ0v) is 18.3. The van der Waals surface area contributed by atoms with Crippen molar-refractivity contribution >= 4 is 10.9 Å². The number of hydrogen-bond acceptors (Lipinski definition) is 5. The number of aryl methyl sites for hydroxylation is 2. The molecular formula is C27H25N5O. The van der Waals surface area contributed by atoms with E-state index in [1.165, 1.54) is 11.1 Å². The summed E-state index contributed by atoms with van der Waals surface area (Å²) in [7, 11) is 0. The topological polar surface area (TPSA) is 76.6 Å². The van der Waals surface area contributed by atoms with Crippen LogP contribution in [0.4, 0.5) is 0 Å². The lowest BCUT2D eigenvalue weighted by Gasteiger charge is -2.08. The molecule has 5 aromatic rings. The van der Waals surface area contributed by atoms with Crippen molar-refractivity contribution in [2.24, 2.45) is 0 Å². The second-order valence-corrected chi connectivity index (χ2v) is 8.07. The molecule has 0 radical (unpaired) electrons. The van der Waals surface area contributed by atoms with Crippen LogP contribution in [0, 0.1) is 0 Å². The maximum absolute atomic E-state index is 5.94. The van der Waals surface area contributed by atoms with Gasteiger partial charge >= 0.3 is 0 Å². The Labute approximate surface area is 192 Å². The molecule has 6 nitrogen and oxygen atoms in total. The van der Waals surface area contributed by atoms with E-state index in [4.69, 9.17) is 4.74 Å². The van der Waals surface area contributed by atoms with Crippen molar-refractivity contribution in [3.63, 3.8) is 0 Å². The Morgan fingerprint density at radius 1 is 0.727 bits per heavy atom. The summed E-state index contributed by atoms with van der Waals surface area (Å²) in [6.45, 7) is 0.468. The summed E-state index contributed by atoms with van der Waals surface area (Å²) in [5, 5.41) is 15.3. The summed E-state index contributed by atoms with van der Waals surface area (Å²) in [6, 6.07) is 29.0. The Balaban J connectivity index is 1.06. The quantitative estimate of drug-likeness (QED) is 0.307. The number of benzene rings is 3. The van der Waals surface area contributed by atoms with Crippen molar-refractivity contribution in [3.05, 3.63) is 102 Å². The van der Waals surface area contributed by atoms with E-state index >= 15 is 0 Å². The molecule has 0 spiro atoms. The van der Waals surface area contributed by atoms with Gasteiger partial charge in [-0.25, -0.2) is 4.98 Å². The largest absolute Gasteiger partial charge is 0.487 e. The third-order valence-electron chi connectivity index (χ3n) is 5.70. The third kappa shape index (κ3) is 5.41. The van der Waals surface area contributed by atoms with Gasteiger partial charge in [-0.3, -0.25) is 0 Å². The maximum atomic E-state index is 5.94. The number of tetrazole rings is 1. The van der Waals surface area contributed by atoms with Crippen LogP contribution in [0.1, 0.15) is 29.7 Å². The zero-order valence-electron chi connectivity index (χ0n) is 18.3. The van der Waals surface area contributed by atoms with E-state index in [2.05, 4.69) is 62.0 Å². The van der Waals surface area contributed by atoms with Gasteiger partial charge in [-0.1, -0.05) is 60.7 Å². The summed E-state index contributed by atoms with van der Waals surface area (Å²) in [5.41, 5.74) is 5.57. The van der Waals surface area contributed by atoms with E-state index in [9.17, 15) is 0 Å². The van der Waals surface area contributed by atoms with Gasteiger partial charge in [0.05, 0.1) is 11.2 Å². The first-order chi connectivity index (χ1) is 16.3. The van der Waals surface area contributed by atoms with E-state index in [0.29, 0.717) is 12.4 Å². The molecule has 0 aliphatic heterocycles. The predicted molar refractivity (Wildman–Crippen MR) is 129 cm³/mol. The molecule has 0 saturated heterocycles. The van der Waals surface area contributed by atoms with Crippen molar-refractivity contribution in [3.8, 4) is 17.1 Å². The summed E-state index contributed by atoms with van der Waals surface area (Å²) in [4.78, 5) is 4.67. The number of H-pyrrole nitrogens is 1. The van der Waals surface area contributed by atoms with Crippen LogP contribution >= 0.6 is 0 Å². The van der Waals surface area contributed by atoms with Crippen LogP contribution in [-0.2, 0) is 19.4 Å².